The monoisotopic (exact) mass is 300 g/mol. The molecule has 1 unspecified atom stereocenters. The Morgan fingerprint density at radius 2 is 1.95 bits per heavy atom. The lowest BCUT2D eigenvalue weighted by Crippen LogP contribution is -2.21. The fourth-order valence-corrected chi connectivity index (χ4v) is 2.37. The Bertz CT molecular complexity index is 689. The van der Waals surface area contributed by atoms with E-state index in [0.717, 1.165) is 6.07 Å². The Labute approximate surface area is 119 Å². The van der Waals surface area contributed by atoms with E-state index in [1.54, 1.807) is 18.4 Å². The molecule has 3 N–H and O–H groups in total. The lowest BCUT2D eigenvalue weighted by Gasteiger charge is -2.12. The van der Waals surface area contributed by atoms with E-state index in [-0.39, 0.29) is 17.0 Å². The number of nitrogens with two attached hydrogens (primary N) is 1. The molecule has 0 radical (unpaired) electrons. The molecule has 0 fully saturated rings. The number of benzene rings is 1. The maximum absolute atomic E-state index is 13.2. The third-order valence-electron chi connectivity index (χ3n) is 3.35. The molecule has 1 aromatic carbocycles. The molecule has 114 valence electrons. The number of aliphatic carboxylic acids is 1. The second kappa shape index (κ2) is 5.07. The van der Waals surface area contributed by atoms with Crippen LogP contribution in [-0.2, 0) is 11.0 Å². The van der Waals surface area contributed by atoms with Crippen LogP contribution in [0.1, 0.15) is 37.1 Å². The minimum absolute atomic E-state index is 0.0286. The van der Waals surface area contributed by atoms with Gasteiger partial charge in [0.05, 0.1) is 5.56 Å². The number of rotatable bonds is 3. The molecule has 7 heteroatoms. The van der Waals surface area contributed by atoms with E-state index < -0.39 is 23.8 Å². The van der Waals surface area contributed by atoms with E-state index >= 15 is 0 Å². The largest absolute Gasteiger partial charge is 0.480 e. The van der Waals surface area contributed by atoms with Crippen LogP contribution in [0.25, 0.3) is 10.9 Å². The van der Waals surface area contributed by atoms with Gasteiger partial charge in [-0.3, -0.25) is 4.79 Å². The Morgan fingerprint density at radius 1 is 1.33 bits per heavy atom. The van der Waals surface area contributed by atoms with Crippen LogP contribution in [-0.4, -0.2) is 15.6 Å². The van der Waals surface area contributed by atoms with Crippen molar-refractivity contribution in [3.8, 4) is 0 Å². The van der Waals surface area contributed by atoms with Crippen LogP contribution in [0, 0.1) is 0 Å². The first kappa shape index (κ1) is 15.4. The van der Waals surface area contributed by atoms with Crippen molar-refractivity contribution in [2.24, 2.45) is 5.73 Å². The number of aromatic nitrogens is 1. The number of nitrogens with zero attached hydrogens (tertiary/aromatic N) is 1. The van der Waals surface area contributed by atoms with Gasteiger partial charge in [0, 0.05) is 28.7 Å². The molecule has 4 nitrogen and oxygen atoms in total. The topological polar surface area (TPSA) is 68.2 Å². The fourth-order valence-electron chi connectivity index (χ4n) is 2.37. The Hall–Kier alpha value is -2.02. The van der Waals surface area contributed by atoms with Crippen molar-refractivity contribution in [1.82, 2.24) is 4.57 Å². The smallest absolute Gasteiger partial charge is 0.417 e. The van der Waals surface area contributed by atoms with Crippen LogP contribution < -0.4 is 5.73 Å². The van der Waals surface area contributed by atoms with Crippen LogP contribution in [0.15, 0.2) is 24.4 Å². The van der Waals surface area contributed by atoms with Gasteiger partial charge in [-0.15, -0.1) is 0 Å². The van der Waals surface area contributed by atoms with Crippen molar-refractivity contribution >= 4 is 16.9 Å². The number of carboxylic acid groups (broad SMARTS) is 1. The van der Waals surface area contributed by atoms with Gasteiger partial charge in [0.1, 0.15) is 6.04 Å². The minimum Gasteiger partial charge on any atom is -0.480 e. The lowest BCUT2D eigenvalue weighted by molar-refractivity contribution is -0.139. The summed E-state index contributed by atoms with van der Waals surface area (Å²) in [5.74, 6) is -1.37. The van der Waals surface area contributed by atoms with E-state index in [0.29, 0.717) is 5.52 Å². The summed E-state index contributed by atoms with van der Waals surface area (Å²) in [5.41, 5.74) is 4.98. The average Bonchev–Trinajstić information content (AvgIpc) is 2.75. The molecule has 0 aliphatic rings. The van der Waals surface area contributed by atoms with Crippen LogP contribution in [0.4, 0.5) is 13.2 Å². The van der Waals surface area contributed by atoms with Crippen LogP contribution in [0.5, 0.6) is 0 Å². The third kappa shape index (κ3) is 2.61. The van der Waals surface area contributed by atoms with E-state index in [1.165, 1.54) is 18.3 Å². The standard InChI is InChI=1S/C14H15F3N2O2/c1-7(2)19-6-8(12(18)13(20)21)11-9(14(15,16)17)4-3-5-10(11)19/h3-7,12H,18H2,1-2H3,(H,20,21). The average molecular weight is 300 g/mol. The molecule has 0 saturated heterocycles. The summed E-state index contributed by atoms with van der Waals surface area (Å²) in [5, 5.41) is 8.88. The second-order valence-electron chi connectivity index (χ2n) is 5.10. The Kier molecular flexibility index (Phi) is 3.71. The zero-order valence-corrected chi connectivity index (χ0v) is 11.5. The summed E-state index contributed by atoms with van der Waals surface area (Å²) in [7, 11) is 0. The maximum atomic E-state index is 13.2. The van der Waals surface area contributed by atoms with Gasteiger partial charge in [0.2, 0.25) is 0 Å². The van der Waals surface area contributed by atoms with Crippen LogP contribution in [0.3, 0.4) is 0 Å². The van der Waals surface area contributed by atoms with Gasteiger partial charge < -0.3 is 15.4 Å². The summed E-state index contributed by atoms with van der Waals surface area (Å²) in [6.07, 6.45) is -3.18. The molecule has 0 aliphatic carbocycles. The molecule has 0 saturated carbocycles. The number of hydrogen-bond acceptors (Lipinski definition) is 2. The molecule has 1 heterocycles. The van der Waals surface area contributed by atoms with Gasteiger partial charge in [-0.1, -0.05) is 6.07 Å². The normalized spacial score (nSPS) is 13.9. The summed E-state index contributed by atoms with van der Waals surface area (Å²) in [6.45, 7) is 3.60. The molecule has 0 spiro atoms. The molecule has 0 bridgehead atoms. The van der Waals surface area contributed by atoms with Crippen LogP contribution >= 0.6 is 0 Å². The Balaban J connectivity index is 2.87. The summed E-state index contributed by atoms with van der Waals surface area (Å²) in [4.78, 5) is 11.1. The number of alkyl halides is 3. The van der Waals surface area contributed by atoms with Gasteiger partial charge >= 0.3 is 12.1 Å². The Morgan fingerprint density at radius 3 is 2.43 bits per heavy atom. The van der Waals surface area contributed by atoms with Crippen molar-refractivity contribution in [3.05, 3.63) is 35.5 Å². The van der Waals surface area contributed by atoms with E-state index in [1.807, 2.05) is 0 Å². The van der Waals surface area contributed by atoms with Crippen molar-refractivity contribution < 1.29 is 23.1 Å². The molecule has 1 atom stereocenters. The molecule has 2 aromatic rings. The van der Waals surface area contributed by atoms with Crippen molar-refractivity contribution in [3.63, 3.8) is 0 Å². The number of carboxylic acids is 1. The lowest BCUT2D eigenvalue weighted by atomic mass is 10.0. The first-order chi connectivity index (χ1) is 9.64. The van der Waals surface area contributed by atoms with E-state index in [2.05, 4.69) is 0 Å². The summed E-state index contributed by atoms with van der Waals surface area (Å²) < 4.78 is 41.1. The zero-order valence-electron chi connectivity index (χ0n) is 11.5. The van der Waals surface area contributed by atoms with E-state index in [9.17, 15) is 18.0 Å². The fraction of sp³-hybridized carbons (Fsp3) is 0.357. The molecule has 0 amide bonds. The quantitative estimate of drug-likeness (QED) is 0.913. The number of fused-ring (bicyclic) bond motifs is 1. The van der Waals surface area contributed by atoms with Gasteiger partial charge in [0.15, 0.2) is 0 Å². The first-order valence-corrected chi connectivity index (χ1v) is 6.33. The second-order valence-corrected chi connectivity index (χ2v) is 5.10. The molecule has 0 aliphatic heterocycles. The molecular formula is C14H15F3N2O2. The molecular weight excluding hydrogens is 285 g/mol. The highest BCUT2D eigenvalue weighted by atomic mass is 19.4. The minimum atomic E-state index is -4.57. The number of hydrogen-bond donors (Lipinski definition) is 2. The molecule has 21 heavy (non-hydrogen) atoms. The van der Waals surface area contributed by atoms with Crippen molar-refractivity contribution in [1.29, 1.82) is 0 Å². The predicted octanol–water partition coefficient (Wildman–Crippen LogP) is 3.33. The van der Waals surface area contributed by atoms with E-state index in [4.69, 9.17) is 10.8 Å². The SMILES string of the molecule is CC(C)n1cc(C(N)C(=O)O)c2c(C(F)(F)F)cccc21. The predicted molar refractivity (Wildman–Crippen MR) is 71.9 cm³/mol. The van der Waals surface area contributed by atoms with Crippen molar-refractivity contribution in [2.45, 2.75) is 32.1 Å². The highest BCUT2D eigenvalue weighted by molar-refractivity contribution is 5.92. The third-order valence-corrected chi connectivity index (χ3v) is 3.35. The van der Waals surface area contributed by atoms with Gasteiger partial charge in [0.25, 0.3) is 0 Å². The van der Waals surface area contributed by atoms with Gasteiger partial charge in [-0.2, -0.15) is 13.2 Å². The van der Waals surface area contributed by atoms with Crippen molar-refractivity contribution in [2.75, 3.05) is 0 Å². The van der Waals surface area contributed by atoms with Crippen LogP contribution in [0.2, 0.25) is 0 Å². The molecule has 1 aromatic heterocycles. The van der Waals surface area contributed by atoms with Gasteiger partial charge in [-0.25, -0.2) is 0 Å². The number of halogens is 3. The zero-order chi connectivity index (χ0) is 15.9. The highest BCUT2D eigenvalue weighted by Gasteiger charge is 2.35. The summed E-state index contributed by atoms with van der Waals surface area (Å²) >= 11 is 0. The summed E-state index contributed by atoms with van der Waals surface area (Å²) in [6, 6.07) is 2.15. The highest BCUT2D eigenvalue weighted by Crippen LogP contribution is 2.39. The van der Waals surface area contributed by atoms with Gasteiger partial charge in [-0.05, 0) is 26.0 Å². The first-order valence-electron chi connectivity index (χ1n) is 6.33. The number of carbonyl (C=O) groups is 1. The maximum Gasteiger partial charge on any atom is 0.417 e. The molecule has 2 rings (SSSR count).